The van der Waals surface area contributed by atoms with Gasteiger partial charge < -0.3 is 9.47 Å². The Kier molecular flexibility index (Phi) is 5.43. The zero-order valence-electron chi connectivity index (χ0n) is 14.3. The van der Waals surface area contributed by atoms with Crippen LogP contribution in [0.3, 0.4) is 0 Å². The molecule has 0 saturated carbocycles. The Labute approximate surface area is 154 Å². The summed E-state index contributed by atoms with van der Waals surface area (Å²) in [4.78, 5) is 0. The minimum atomic E-state index is -0.464. The number of nitrogens with zero attached hydrogens (tertiary/aromatic N) is 3. The molecule has 0 aliphatic carbocycles. The molecule has 1 aromatic heterocycles. The van der Waals surface area contributed by atoms with E-state index in [0.29, 0.717) is 28.5 Å². The molecule has 1 N–H and O–H groups in total. The Morgan fingerprint density at radius 2 is 2.08 bits per heavy atom. The minimum Gasteiger partial charge on any atom is -0.494 e. The van der Waals surface area contributed by atoms with Crippen molar-refractivity contribution in [1.82, 2.24) is 14.9 Å². The smallest absolute Gasteiger partial charge is 0.216 e. The van der Waals surface area contributed by atoms with Crippen molar-refractivity contribution in [2.75, 3.05) is 13.7 Å². The zero-order chi connectivity index (χ0) is 18.5. The van der Waals surface area contributed by atoms with Gasteiger partial charge in [-0.15, -0.1) is 0 Å². The Hall–Kier alpha value is -3.00. The summed E-state index contributed by atoms with van der Waals surface area (Å²) >= 11 is 5.26. The third kappa shape index (κ3) is 3.65. The fourth-order valence-corrected chi connectivity index (χ4v) is 2.57. The predicted molar refractivity (Wildman–Crippen MR) is 100.0 cm³/mol. The number of benzene rings is 2. The molecule has 0 aliphatic heterocycles. The topological polar surface area (TPSA) is 64.4 Å². The molecule has 3 rings (SSSR count). The van der Waals surface area contributed by atoms with Gasteiger partial charge in [-0.3, -0.25) is 0 Å². The van der Waals surface area contributed by atoms with Crippen LogP contribution in [-0.2, 0) is 0 Å². The summed E-state index contributed by atoms with van der Waals surface area (Å²) in [7, 11) is 1.42. The number of para-hydroxylation sites is 1. The molecule has 0 unspecified atom stereocenters. The highest BCUT2D eigenvalue weighted by molar-refractivity contribution is 7.71. The molecular weight excluding hydrogens is 355 g/mol. The van der Waals surface area contributed by atoms with E-state index in [1.807, 2.05) is 31.2 Å². The summed E-state index contributed by atoms with van der Waals surface area (Å²) in [6.07, 6.45) is 1.50. The predicted octanol–water partition coefficient (Wildman–Crippen LogP) is 4.04. The molecular formula is C18H17FN4O2S. The molecule has 0 amide bonds. The van der Waals surface area contributed by atoms with Gasteiger partial charge in [0.1, 0.15) is 5.75 Å². The van der Waals surface area contributed by atoms with Gasteiger partial charge in [-0.25, -0.2) is 9.49 Å². The van der Waals surface area contributed by atoms with Gasteiger partial charge in [-0.2, -0.15) is 14.9 Å². The number of hydrogen-bond acceptors (Lipinski definition) is 5. The van der Waals surface area contributed by atoms with Crippen LogP contribution in [0.25, 0.3) is 11.4 Å². The van der Waals surface area contributed by atoms with Gasteiger partial charge in [0.15, 0.2) is 17.4 Å². The number of nitrogens with one attached hydrogen (secondary N) is 1. The quantitative estimate of drug-likeness (QED) is 0.524. The number of aromatic amines is 1. The summed E-state index contributed by atoms with van der Waals surface area (Å²) in [5.74, 6) is 0.891. The highest BCUT2D eigenvalue weighted by atomic mass is 32.1. The highest BCUT2D eigenvalue weighted by Crippen LogP contribution is 2.28. The average molecular weight is 372 g/mol. The maximum atomic E-state index is 13.8. The van der Waals surface area contributed by atoms with Crippen LogP contribution in [0.15, 0.2) is 47.6 Å². The fraction of sp³-hybridized carbons (Fsp3) is 0.167. The van der Waals surface area contributed by atoms with Gasteiger partial charge in [0.25, 0.3) is 0 Å². The number of hydrogen-bond donors (Lipinski definition) is 1. The van der Waals surface area contributed by atoms with Crippen LogP contribution < -0.4 is 9.47 Å². The minimum absolute atomic E-state index is 0.174. The highest BCUT2D eigenvalue weighted by Gasteiger charge is 2.13. The normalized spacial score (nSPS) is 11.0. The van der Waals surface area contributed by atoms with E-state index in [9.17, 15) is 4.39 Å². The van der Waals surface area contributed by atoms with Crippen LogP contribution in [-0.4, -0.2) is 34.8 Å². The van der Waals surface area contributed by atoms with Crippen molar-refractivity contribution in [3.63, 3.8) is 0 Å². The number of halogens is 1. The molecule has 26 heavy (non-hydrogen) atoms. The second-order valence-corrected chi connectivity index (χ2v) is 5.62. The third-order valence-electron chi connectivity index (χ3n) is 3.58. The second kappa shape index (κ2) is 7.92. The molecule has 0 atom stereocenters. The van der Waals surface area contributed by atoms with Crippen molar-refractivity contribution in [2.45, 2.75) is 6.92 Å². The van der Waals surface area contributed by atoms with E-state index in [2.05, 4.69) is 15.3 Å². The number of rotatable bonds is 6. The Bertz CT molecular complexity index is 997. The lowest BCUT2D eigenvalue weighted by Crippen LogP contribution is -1.99. The monoisotopic (exact) mass is 372 g/mol. The van der Waals surface area contributed by atoms with Crippen molar-refractivity contribution in [1.29, 1.82) is 0 Å². The molecule has 0 radical (unpaired) electrons. The molecule has 2 aromatic carbocycles. The third-order valence-corrected chi connectivity index (χ3v) is 3.84. The van der Waals surface area contributed by atoms with E-state index < -0.39 is 5.82 Å². The van der Waals surface area contributed by atoms with Crippen LogP contribution in [0.1, 0.15) is 12.5 Å². The van der Waals surface area contributed by atoms with E-state index in [4.69, 9.17) is 21.7 Å². The van der Waals surface area contributed by atoms with E-state index >= 15 is 0 Å². The molecule has 6 nitrogen and oxygen atoms in total. The average Bonchev–Trinajstić information content (AvgIpc) is 3.01. The largest absolute Gasteiger partial charge is 0.494 e. The van der Waals surface area contributed by atoms with Gasteiger partial charge in [0.2, 0.25) is 4.77 Å². The SMILES string of the molecule is CCOc1ccccc1-c1n[nH]c(=S)n1/N=C\c1ccc(OC)c(F)c1. The lowest BCUT2D eigenvalue weighted by molar-refractivity contribution is 0.341. The fourth-order valence-electron chi connectivity index (χ4n) is 2.39. The first-order valence-electron chi connectivity index (χ1n) is 7.91. The summed E-state index contributed by atoms with van der Waals surface area (Å²) in [5, 5.41) is 11.3. The van der Waals surface area contributed by atoms with Crippen molar-refractivity contribution in [3.8, 4) is 22.9 Å². The number of H-pyrrole nitrogens is 1. The van der Waals surface area contributed by atoms with Crippen LogP contribution >= 0.6 is 12.2 Å². The lowest BCUT2D eigenvalue weighted by atomic mass is 10.2. The van der Waals surface area contributed by atoms with E-state index in [1.54, 1.807) is 6.07 Å². The lowest BCUT2D eigenvalue weighted by Gasteiger charge is -2.08. The summed E-state index contributed by atoms with van der Waals surface area (Å²) in [5.41, 5.74) is 1.32. The first-order chi connectivity index (χ1) is 12.6. The van der Waals surface area contributed by atoms with Crippen molar-refractivity contribution < 1.29 is 13.9 Å². The Morgan fingerprint density at radius 3 is 2.81 bits per heavy atom. The maximum absolute atomic E-state index is 13.8. The molecule has 0 saturated heterocycles. The van der Waals surface area contributed by atoms with Gasteiger partial charge in [0, 0.05) is 0 Å². The van der Waals surface area contributed by atoms with Gasteiger partial charge in [0.05, 0.1) is 25.5 Å². The number of ether oxygens (including phenoxy) is 2. The summed E-state index contributed by atoms with van der Waals surface area (Å²) < 4.78 is 26.2. The second-order valence-electron chi connectivity index (χ2n) is 5.23. The van der Waals surface area contributed by atoms with Gasteiger partial charge in [-0.1, -0.05) is 12.1 Å². The van der Waals surface area contributed by atoms with Gasteiger partial charge >= 0.3 is 0 Å². The molecule has 0 spiro atoms. The molecule has 3 aromatic rings. The van der Waals surface area contributed by atoms with Crippen LogP contribution in [0.4, 0.5) is 4.39 Å². The maximum Gasteiger partial charge on any atom is 0.216 e. The standard InChI is InChI=1S/C18H17FN4O2S/c1-3-25-15-7-5-4-6-13(15)17-21-22-18(26)23(17)20-11-12-8-9-16(24-2)14(19)10-12/h4-11H,3H2,1-2H3,(H,22,26)/b20-11-. The number of aromatic nitrogens is 3. The van der Waals surface area contributed by atoms with Crippen molar-refractivity contribution >= 4 is 18.4 Å². The molecule has 134 valence electrons. The molecule has 8 heteroatoms. The zero-order valence-corrected chi connectivity index (χ0v) is 15.1. The Balaban J connectivity index is 1.99. The van der Waals surface area contributed by atoms with E-state index in [0.717, 1.165) is 5.56 Å². The Morgan fingerprint density at radius 1 is 1.27 bits per heavy atom. The van der Waals surface area contributed by atoms with Crippen LogP contribution in [0.5, 0.6) is 11.5 Å². The molecule has 0 fully saturated rings. The summed E-state index contributed by atoms with van der Waals surface area (Å²) in [6.45, 7) is 2.43. The molecule has 1 heterocycles. The van der Waals surface area contributed by atoms with Crippen molar-refractivity contribution in [3.05, 3.63) is 58.6 Å². The number of methoxy groups -OCH3 is 1. The summed E-state index contributed by atoms with van der Waals surface area (Å²) in [6, 6.07) is 12.0. The first kappa shape index (κ1) is 17.8. The van der Waals surface area contributed by atoms with Crippen LogP contribution in [0, 0.1) is 10.6 Å². The van der Waals surface area contributed by atoms with Crippen LogP contribution in [0.2, 0.25) is 0 Å². The first-order valence-corrected chi connectivity index (χ1v) is 8.32. The van der Waals surface area contributed by atoms with E-state index in [1.165, 1.54) is 30.1 Å². The van der Waals surface area contributed by atoms with E-state index in [-0.39, 0.29) is 5.75 Å². The van der Waals surface area contributed by atoms with Crippen molar-refractivity contribution in [2.24, 2.45) is 5.10 Å². The molecule has 0 bridgehead atoms. The molecule has 0 aliphatic rings. The van der Waals surface area contributed by atoms with Gasteiger partial charge in [-0.05, 0) is 55.0 Å².